The molecule has 0 aromatic carbocycles. The van der Waals surface area contributed by atoms with Crippen molar-refractivity contribution in [1.29, 1.82) is 0 Å². The maximum Gasteiger partial charge on any atom is 0.320 e. The Kier molecular flexibility index (Phi) is 5.03. The third kappa shape index (κ3) is 4.31. The number of aromatic nitrogens is 3. The number of nitrogens with zero attached hydrogens (tertiary/aromatic N) is 3. The number of hydrogen-bond acceptors (Lipinski definition) is 3. The minimum atomic E-state index is -0.241. The number of nitrogens with one attached hydrogen (secondary N) is 2. The lowest BCUT2D eigenvalue weighted by atomic mass is 10.1. The van der Waals surface area contributed by atoms with Crippen LogP contribution < -0.4 is 10.6 Å². The van der Waals surface area contributed by atoms with E-state index in [1.807, 2.05) is 58.5 Å². The SMILES string of the molecule is Cc1cc(C)nc(NC(=O)N[C@H](C)Cc2c(C)nn(C)c2C)c1. The van der Waals surface area contributed by atoms with Gasteiger partial charge in [-0.2, -0.15) is 5.10 Å². The summed E-state index contributed by atoms with van der Waals surface area (Å²) in [6.45, 7) is 9.91. The summed E-state index contributed by atoms with van der Waals surface area (Å²) in [5.74, 6) is 0.570. The van der Waals surface area contributed by atoms with E-state index in [4.69, 9.17) is 0 Å². The lowest BCUT2D eigenvalue weighted by Crippen LogP contribution is -2.37. The van der Waals surface area contributed by atoms with Gasteiger partial charge in [0.2, 0.25) is 0 Å². The molecule has 0 aliphatic heterocycles. The quantitative estimate of drug-likeness (QED) is 0.911. The Labute approximate surface area is 137 Å². The Morgan fingerprint density at radius 3 is 2.52 bits per heavy atom. The normalized spacial score (nSPS) is 12.1. The van der Waals surface area contributed by atoms with Crippen molar-refractivity contribution in [2.75, 3.05) is 5.32 Å². The molecule has 23 heavy (non-hydrogen) atoms. The van der Waals surface area contributed by atoms with E-state index >= 15 is 0 Å². The molecule has 6 heteroatoms. The Balaban J connectivity index is 1.97. The van der Waals surface area contributed by atoms with Gasteiger partial charge in [-0.1, -0.05) is 0 Å². The van der Waals surface area contributed by atoms with Gasteiger partial charge in [0.05, 0.1) is 5.69 Å². The summed E-state index contributed by atoms with van der Waals surface area (Å²) in [6, 6.07) is 3.59. The molecule has 2 heterocycles. The molecule has 0 aliphatic carbocycles. The molecule has 2 rings (SSSR count). The summed E-state index contributed by atoms with van der Waals surface area (Å²) in [6.07, 6.45) is 0.749. The van der Waals surface area contributed by atoms with Crippen molar-refractivity contribution in [3.05, 3.63) is 40.3 Å². The van der Waals surface area contributed by atoms with Crippen molar-refractivity contribution in [3.8, 4) is 0 Å². The number of hydrogen-bond donors (Lipinski definition) is 2. The topological polar surface area (TPSA) is 71.8 Å². The van der Waals surface area contributed by atoms with Gasteiger partial charge in [0, 0.05) is 24.5 Å². The number of carbonyl (C=O) groups excluding carboxylic acids is 1. The summed E-state index contributed by atoms with van der Waals surface area (Å²) in [7, 11) is 1.93. The first kappa shape index (κ1) is 17.0. The number of urea groups is 1. The number of carbonyl (C=O) groups is 1. The van der Waals surface area contributed by atoms with Gasteiger partial charge in [0.25, 0.3) is 0 Å². The van der Waals surface area contributed by atoms with E-state index in [0.717, 1.165) is 29.1 Å². The second kappa shape index (κ2) is 6.81. The highest BCUT2D eigenvalue weighted by molar-refractivity contribution is 5.88. The summed E-state index contributed by atoms with van der Waals surface area (Å²) in [4.78, 5) is 16.4. The van der Waals surface area contributed by atoms with Crippen LogP contribution in [0.25, 0.3) is 0 Å². The third-order valence-electron chi connectivity index (χ3n) is 3.89. The Bertz CT molecular complexity index is 700. The minimum Gasteiger partial charge on any atom is -0.335 e. The van der Waals surface area contributed by atoms with Crippen LogP contribution in [-0.4, -0.2) is 26.8 Å². The predicted molar refractivity (Wildman–Crippen MR) is 91.7 cm³/mol. The predicted octanol–water partition coefficient (Wildman–Crippen LogP) is 2.80. The van der Waals surface area contributed by atoms with E-state index in [1.54, 1.807) is 0 Å². The molecule has 0 radical (unpaired) electrons. The lowest BCUT2D eigenvalue weighted by Gasteiger charge is -2.15. The maximum absolute atomic E-state index is 12.1. The van der Waals surface area contributed by atoms with Crippen molar-refractivity contribution in [2.45, 2.75) is 47.1 Å². The van der Waals surface area contributed by atoms with Crippen LogP contribution in [0.1, 0.15) is 35.1 Å². The smallest absolute Gasteiger partial charge is 0.320 e. The zero-order valence-electron chi connectivity index (χ0n) is 14.7. The second-order valence-corrected chi connectivity index (χ2v) is 6.15. The van der Waals surface area contributed by atoms with Gasteiger partial charge >= 0.3 is 6.03 Å². The van der Waals surface area contributed by atoms with Gasteiger partial charge in [-0.3, -0.25) is 10.00 Å². The Hall–Kier alpha value is -2.37. The molecule has 0 saturated heterocycles. The highest BCUT2D eigenvalue weighted by atomic mass is 16.2. The molecule has 0 spiro atoms. The molecule has 0 aliphatic rings. The molecular weight excluding hydrogens is 290 g/mol. The highest BCUT2D eigenvalue weighted by Crippen LogP contribution is 2.14. The van der Waals surface area contributed by atoms with Crippen LogP contribution in [0.15, 0.2) is 12.1 Å². The van der Waals surface area contributed by atoms with E-state index < -0.39 is 0 Å². The molecule has 6 nitrogen and oxygen atoms in total. The fourth-order valence-electron chi connectivity index (χ4n) is 2.75. The second-order valence-electron chi connectivity index (χ2n) is 6.15. The van der Waals surface area contributed by atoms with Crippen LogP contribution in [0.3, 0.4) is 0 Å². The molecular formula is C17H25N5O. The average Bonchev–Trinajstić information content (AvgIpc) is 2.63. The summed E-state index contributed by atoms with van der Waals surface area (Å²) >= 11 is 0. The van der Waals surface area contributed by atoms with Gasteiger partial charge in [0.15, 0.2) is 0 Å². The zero-order valence-corrected chi connectivity index (χ0v) is 14.7. The molecule has 0 fully saturated rings. The van der Waals surface area contributed by atoms with Crippen molar-refractivity contribution in [1.82, 2.24) is 20.1 Å². The Morgan fingerprint density at radius 2 is 1.96 bits per heavy atom. The van der Waals surface area contributed by atoms with Crippen molar-refractivity contribution >= 4 is 11.8 Å². The van der Waals surface area contributed by atoms with Crippen molar-refractivity contribution < 1.29 is 4.79 Å². The Morgan fingerprint density at radius 1 is 1.26 bits per heavy atom. The van der Waals surface area contributed by atoms with Crippen LogP contribution in [0.2, 0.25) is 0 Å². The molecule has 124 valence electrons. The van der Waals surface area contributed by atoms with E-state index in [-0.39, 0.29) is 12.1 Å². The van der Waals surface area contributed by atoms with E-state index in [2.05, 4.69) is 20.7 Å². The highest BCUT2D eigenvalue weighted by Gasteiger charge is 2.15. The van der Waals surface area contributed by atoms with E-state index in [9.17, 15) is 4.79 Å². The fourth-order valence-corrected chi connectivity index (χ4v) is 2.75. The standard InChI is InChI=1S/C17H25N5O/c1-10-7-11(2)18-16(8-10)20-17(23)19-12(3)9-15-13(4)21-22(6)14(15)5/h7-8,12H,9H2,1-6H3,(H2,18,19,20,23)/t12-/m1/s1. The third-order valence-corrected chi connectivity index (χ3v) is 3.89. The number of aryl methyl sites for hydroxylation is 4. The number of amides is 2. The monoisotopic (exact) mass is 315 g/mol. The molecule has 0 unspecified atom stereocenters. The lowest BCUT2D eigenvalue weighted by molar-refractivity contribution is 0.249. The van der Waals surface area contributed by atoms with Crippen LogP contribution >= 0.6 is 0 Å². The number of anilines is 1. The average molecular weight is 315 g/mol. The molecule has 2 aromatic heterocycles. The number of rotatable bonds is 4. The van der Waals surface area contributed by atoms with Gasteiger partial charge in [-0.05, 0) is 64.3 Å². The molecule has 0 bridgehead atoms. The van der Waals surface area contributed by atoms with E-state index in [1.165, 1.54) is 5.56 Å². The van der Waals surface area contributed by atoms with Crippen LogP contribution in [-0.2, 0) is 13.5 Å². The largest absolute Gasteiger partial charge is 0.335 e. The first-order chi connectivity index (χ1) is 10.8. The van der Waals surface area contributed by atoms with Crippen LogP contribution in [0.5, 0.6) is 0 Å². The zero-order chi connectivity index (χ0) is 17.1. The summed E-state index contributed by atoms with van der Waals surface area (Å²) < 4.78 is 1.87. The van der Waals surface area contributed by atoms with Crippen molar-refractivity contribution in [3.63, 3.8) is 0 Å². The minimum absolute atomic E-state index is 0.00232. The fraction of sp³-hybridized carbons (Fsp3) is 0.471. The summed E-state index contributed by atoms with van der Waals surface area (Å²) in [5.41, 5.74) is 5.28. The summed E-state index contributed by atoms with van der Waals surface area (Å²) in [5, 5.41) is 10.2. The molecule has 0 saturated carbocycles. The number of pyridine rings is 1. The van der Waals surface area contributed by atoms with E-state index in [0.29, 0.717) is 5.82 Å². The first-order valence-corrected chi connectivity index (χ1v) is 7.78. The van der Waals surface area contributed by atoms with Gasteiger partial charge in [0.1, 0.15) is 5.82 Å². The molecule has 1 atom stereocenters. The first-order valence-electron chi connectivity index (χ1n) is 7.78. The van der Waals surface area contributed by atoms with Gasteiger partial charge in [-0.25, -0.2) is 9.78 Å². The van der Waals surface area contributed by atoms with Crippen LogP contribution in [0.4, 0.5) is 10.6 Å². The maximum atomic E-state index is 12.1. The molecule has 2 N–H and O–H groups in total. The van der Waals surface area contributed by atoms with Crippen LogP contribution in [0, 0.1) is 27.7 Å². The molecule has 2 aromatic rings. The van der Waals surface area contributed by atoms with Crippen molar-refractivity contribution in [2.24, 2.45) is 7.05 Å². The van der Waals surface area contributed by atoms with Gasteiger partial charge < -0.3 is 5.32 Å². The molecule has 2 amide bonds. The van der Waals surface area contributed by atoms with Gasteiger partial charge in [-0.15, -0.1) is 0 Å².